The third-order valence-corrected chi connectivity index (χ3v) is 4.90. The molecule has 1 fully saturated rings. The Morgan fingerprint density at radius 3 is 2.38 bits per heavy atom. The zero-order valence-corrected chi connectivity index (χ0v) is 15.0. The zero-order chi connectivity index (χ0) is 21.2. The van der Waals surface area contributed by atoms with E-state index in [1.807, 2.05) is 11.4 Å². The molecule has 1 aliphatic rings. The van der Waals surface area contributed by atoms with Gasteiger partial charge in [-0.25, -0.2) is 8.78 Å². The normalized spacial score (nSPS) is 19.5. The van der Waals surface area contributed by atoms with Gasteiger partial charge in [0.25, 0.3) is 0 Å². The minimum atomic E-state index is -5.05. The van der Waals surface area contributed by atoms with E-state index in [2.05, 4.69) is 0 Å². The highest BCUT2D eigenvalue weighted by atomic mass is 19.4. The standard InChI is InChI=1S/C20H16F5N3O/c21-14-3-1-12(2-4-14)16-7-8-28(11-17(16)27-19(29)20(23,24)25)18-6-5-15(22)9-13(18)10-26/h1-6,9,16-17H,7-8,11H2,(H,27,29). The first kappa shape index (κ1) is 20.6. The summed E-state index contributed by atoms with van der Waals surface area (Å²) in [6.07, 6.45) is -4.71. The van der Waals surface area contributed by atoms with E-state index in [4.69, 9.17) is 0 Å². The summed E-state index contributed by atoms with van der Waals surface area (Å²) in [5, 5.41) is 11.3. The van der Waals surface area contributed by atoms with Gasteiger partial charge >= 0.3 is 12.1 Å². The number of carbonyl (C=O) groups is 1. The molecule has 1 saturated heterocycles. The maximum Gasteiger partial charge on any atom is 0.471 e. The Morgan fingerprint density at radius 1 is 1.10 bits per heavy atom. The van der Waals surface area contributed by atoms with E-state index in [1.54, 1.807) is 4.90 Å². The van der Waals surface area contributed by atoms with Crippen LogP contribution in [-0.4, -0.2) is 31.2 Å². The summed E-state index contributed by atoms with van der Waals surface area (Å²) in [7, 11) is 0. The molecule has 1 N–H and O–H groups in total. The van der Waals surface area contributed by atoms with Crippen molar-refractivity contribution in [1.82, 2.24) is 5.32 Å². The Balaban J connectivity index is 1.91. The number of rotatable bonds is 3. The second-order valence-corrected chi connectivity index (χ2v) is 6.74. The van der Waals surface area contributed by atoms with Crippen LogP contribution in [-0.2, 0) is 4.79 Å². The fourth-order valence-electron chi connectivity index (χ4n) is 3.55. The molecule has 0 aliphatic carbocycles. The second-order valence-electron chi connectivity index (χ2n) is 6.74. The van der Waals surface area contributed by atoms with Gasteiger partial charge in [-0.1, -0.05) is 12.1 Å². The van der Waals surface area contributed by atoms with Crippen LogP contribution in [0, 0.1) is 23.0 Å². The molecule has 29 heavy (non-hydrogen) atoms. The average molecular weight is 409 g/mol. The van der Waals surface area contributed by atoms with Crippen LogP contribution in [0.15, 0.2) is 42.5 Å². The van der Waals surface area contributed by atoms with E-state index in [0.717, 1.165) is 12.1 Å². The second kappa shape index (κ2) is 8.07. The van der Waals surface area contributed by atoms with Gasteiger partial charge in [-0.15, -0.1) is 0 Å². The molecule has 3 rings (SSSR count). The number of benzene rings is 2. The molecule has 9 heteroatoms. The molecule has 2 unspecified atom stereocenters. The average Bonchev–Trinajstić information content (AvgIpc) is 2.68. The molecule has 0 radical (unpaired) electrons. The molecule has 2 aromatic rings. The molecule has 0 bridgehead atoms. The van der Waals surface area contributed by atoms with Crippen molar-refractivity contribution >= 4 is 11.6 Å². The Morgan fingerprint density at radius 2 is 1.76 bits per heavy atom. The van der Waals surface area contributed by atoms with Crippen LogP contribution in [0.3, 0.4) is 0 Å². The van der Waals surface area contributed by atoms with E-state index in [0.29, 0.717) is 24.2 Å². The number of carbonyl (C=O) groups excluding carboxylic acids is 1. The summed E-state index contributed by atoms with van der Waals surface area (Å²) in [4.78, 5) is 13.2. The largest absolute Gasteiger partial charge is 0.471 e. The van der Waals surface area contributed by atoms with Gasteiger partial charge in [0.1, 0.15) is 17.7 Å². The summed E-state index contributed by atoms with van der Waals surface area (Å²) in [5.74, 6) is -3.64. The molecule has 2 aromatic carbocycles. The highest BCUT2D eigenvalue weighted by Gasteiger charge is 2.42. The van der Waals surface area contributed by atoms with Gasteiger partial charge in [-0.3, -0.25) is 4.79 Å². The minimum absolute atomic E-state index is 0.0236. The lowest BCUT2D eigenvalue weighted by Gasteiger charge is -2.40. The molecule has 0 saturated carbocycles. The van der Waals surface area contributed by atoms with E-state index in [-0.39, 0.29) is 12.1 Å². The van der Waals surface area contributed by atoms with Gasteiger partial charge < -0.3 is 10.2 Å². The summed E-state index contributed by atoms with van der Waals surface area (Å²) in [5.41, 5.74) is 1.02. The molecule has 2 atom stereocenters. The van der Waals surface area contributed by atoms with Crippen molar-refractivity contribution in [3.8, 4) is 6.07 Å². The number of hydrogen-bond acceptors (Lipinski definition) is 3. The lowest BCUT2D eigenvalue weighted by molar-refractivity contribution is -0.174. The van der Waals surface area contributed by atoms with Crippen molar-refractivity contribution in [3.63, 3.8) is 0 Å². The van der Waals surface area contributed by atoms with Crippen molar-refractivity contribution in [1.29, 1.82) is 5.26 Å². The predicted octanol–water partition coefficient (Wildman–Crippen LogP) is 3.88. The molecule has 1 heterocycles. The number of nitriles is 1. The predicted molar refractivity (Wildman–Crippen MR) is 95.1 cm³/mol. The molecule has 1 amide bonds. The Kier molecular flexibility index (Phi) is 5.73. The van der Waals surface area contributed by atoms with Crippen LogP contribution in [0.5, 0.6) is 0 Å². The highest BCUT2D eigenvalue weighted by molar-refractivity contribution is 5.82. The fourth-order valence-corrected chi connectivity index (χ4v) is 3.55. The van der Waals surface area contributed by atoms with Crippen molar-refractivity contribution < 1.29 is 26.7 Å². The van der Waals surface area contributed by atoms with Gasteiger partial charge in [0.05, 0.1) is 17.3 Å². The third kappa shape index (κ3) is 4.65. The summed E-state index contributed by atoms with van der Waals surface area (Å²) in [6, 6.07) is 9.88. The summed E-state index contributed by atoms with van der Waals surface area (Å²) >= 11 is 0. The SMILES string of the molecule is N#Cc1cc(F)ccc1N1CCC(c2ccc(F)cc2)C(NC(=O)C(F)(F)F)C1. The minimum Gasteiger partial charge on any atom is -0.368 e. The third-order valence-electron chi connectivity index (χ3n) is 4.90. The van der Waals surface area contributed by atoms with Crippen LogP contribution in [0.25, 0.3) is 0 Å². The van der Waals surface area contributed by atoms with Crippen LogP contribution in [0.1, 0.15) is 23.5 Å². The van der Waals surface area contributed by atoms with E-state index >= 15 is 0 Å². The van der Waals surface area contributed by atoms with Crippen LogP contribution in [0.2, 0.25) is 0 Å². The van der Waals surface area contributed by atoms with Gasteiger partial charge in [0.15, 0.2) is 0 Å². The van der Waals surface area contributed by atoms with E-state index < -0.39 is 35.7 Å². The number of amides is 1. The van der Waals surface area contributed by atoms with Crippen LogP contribution >= 0.6 is 0 Å². The monoisotopic (exact) mass is 409 g/mol. The first-order valence-corrected chi connectivity index (χ1v) is 8.77. The molecule has 152 valence electrons. The molecular weight excluding hydrogens is 393 g/mol. The Hall–Kier alpha value is -3.15. The molecule has 0 aromatic heterocycles. The van der Waals surface area contributed by atoms with E-state index in [1.165, 1.54) is 30.3 Å². The topological polar surface area (TPSA) is 56.1 Å². The van der Waals surface area contributed by atoms with Crippen molar-refractivity contribution in [2.75, 3.05) is 18.0 Å². The van der Waals surface area contributed by atoms with Crippen LogP contribution in [0.4, 0.5) is 27.6 Å². The summed E-state index contributed by atoms with van der Waals surface area (Å²) < 4.78 is 65.1. The number of nitrogens with zero attached hydrogens (tertiary/aromatic N) is 2. The molecule has 0 spiro atoms. The highest BCUT2D eigenvalue weighted by Crippen LogP contribution is 2.33. The van der Waals surface area contributed by atoms with Crippen LogP contribution < -0.4 is 10.2 Å². The van der Waals surface area contributed by atoms with Crippen molar-refractivity contribution in [2.24, 2.45) is 0 Å². The van der Waals surface area contributed by atoms with Gasteiger partial charge in [0, 0.05) is 19.0 Å². The maximum atomic E-state index is 13.4. The fraction of sp³-hybridized carbons (Fsp3) is 0.300. The Labute approximate surface area is 163 Å². The number of nitrogens with one attached hydrogen (secondary N) is 1. The maximum absolute atomic E-state index is 13.4. The number of hydrogen-bond donors (Lipinski definition) is 1. The Bertz CT molecular complexity index is 937. The van der Waals surface area contributed by atoms with Crippen molar-refractivity contribution in [3.05, 3.63) is 65.2 Å². The quantitative estimate of drug-likeness (QED) is 0.783. The number of alkyl halides is 3. The smallest absolute Gasteiger partial charge is 0.368 e. The summed E-state index contributed by atoms with van der Waals surface area (Å²) in [6.45, 7) is 0.338. The molecule has 4 nitrogen and oxygen atoms in total. The first-order chi connectivity index (χ1) is 13.7. The first-order valence-electron chi connectivity index (χ1n) is 8.77. The zero-order valence-electron chi connectivity index (χ0n) is 15.0. The molecule has 1 aliphatic heterocycles. The van der Waals surface area contributed by atoms with Gasteiger partial charge in [0.2, 0.25) is 0 Å². The number of halogens is 5. The van der Waals surface area contributed by atoms with Crippen molar-refractivity contribution in [2.45, 2.75) is 24.6 Å². The number of piperidine rings is 1. The van der Waals surface area contributed by atoms with Gasteiger partial charge in [-0.2, -0.15) is 18.4 Å². The number of anilines is 1. The van der Waals surface area contributed by atoms with Gasteiger partial charge in [-0.05, 0) is 42.3 Å². The molecular formula is C20H16F5N3O. The lowest BCUT2D eigenvalue weighted by Crippen LogP contribution is -2.54. The lowest BCUT2D eigenvalue weighted by atomic mass is 9.84. The van der Waals surface area contributed by atoms with E-state index in [9.17, 15) is 32.0 Å².